The zero-order valence-corrected chi connectivity index (χ0v) is 16.3. The molecule has 0 saturated heterocycles. The van der Waals surface area contributed by atoms with E-state index in [0.717, 1.165) is 49.5 Å². The van der Waals surface area contributed by atoms with Gasteiger partial charge in [-0.25, -0.2) is 0 Å². The van der Waals surface area contributed by atoms with Gasteiger partial charge < -0.3 is 24.9 Å². The van der Waals surface area contributed by atoms with Gasteiger partial charge in [-0.2, -0.15) is 0 Å². The minimum Gasteiger partial charge on any atom is -0.469 e. The maximum absolute atomic E-state index is 10.4. The highest BCUT2D eigenvalue weighted by Crippen LogP contribution is 2.14. The van der Waals surface area contributed by atoms with Crippen LogP contribution < -0.4 is 10.6 Å². The van der Waals surface area contributed by atoms with E-state index in [1.54, 1.807) is 6.26 Å². The summed E-state index contributed by atoms with van der Waals surface area (Å²) in [5, 5.41) is 17.0. The number of aliphatic hydroxyl groups excluding tert-OH is 1. The van der Waals surface area contributed by atoms with E-state index < -0.39 is 6.10 Å². The average Bonchev–Trinajstić information content (AvgIpc) is 3.18. The van der Waals surface area contributed by atoms with E-state index >= 15 is 0 Å². The SMILES string of the molecule is CCOCCCNC(=NCC(O)c1cccc(C)c1)NCCc1ccco1. The van der Waals surface area contributed by atoms with Crippen LogP contribution in [-0.2, 0) is 11.2 Å². The first-order valence-corrected chi connectivity index (χ1v) is 9.56. The van der Waals surface area contributed by atoms with Gasteiger partial charge in [0.25, 0.3) is 0 Å². The van der Waals surface area contributed by atoms with E-state index in [1.807, 2.05) is 50.2 Å². The third kappa shape index (κ3) is 8.28. The van der Waals surface area contributed by atoms with Crippen molar-refractivity contribution in [2.24, 2.45) is 4.99 Å². The quantitative estimate of drug-likeness (QED) is 0.321. The van der Waals surface area contributed by atoms with Crippen molar-refractivity contribution in [3.63, 3.8) is 0 Å². The van der Waals surface area contributed by atoms with Crippen LogP contribution in [0.15, 0.2) is 52.1 Å². The van der Waals surface area contributed by atoms with Gasteiger partial charge in [0.2, 0.25) is 0 Å². The Kier molecular flexibility index (Phi) is 9.44. The second-order valence-corrected chi connectivity index (χ2v) is 6.35. The lowest BCUT2D eigenvalue weighted by molar-refractivity contribution is 0.145. The van der Waals surface area contributed by atoms with Crippen LogP contribution in [0.5, 0.6) is 0 Å². The normalized spacial score (nSPS) is 12.8. The molecular weight excluding hydrogens is 342 g/mol. The Morgan fingerprint density at radius 2 is 2.07 bits per heavy atom. The predicted octanol–water partition coefficient (Wildman–Crippen LogP) is 2.83. The summed E-state index contributed by atoms with van der Waals surface area (Å²) in [4.78, 5) is 4.54. The van der Waals surface area contributed by atoms with E-state index in [9.17, 15) is 5.11 Å². The topological polar surface area (TPSA) is 79.0 Å². The van der Waals surface area contributed by atoms with Gasteiger partial charge in [0.1, 0.15) is 5.76 Å². The molecule has 1 aromatic heterocycles. The molecule has 3 N–H and O–H groups in total. The summed E-state index contributed by atoms with van der Waals surface area (Å²) in [7, 11) is 0. The fourth-order valence-electron chi connectivity index (χ4n) is 2.62. The molecule has 27 heavy (non-hydrogen) atoms. The Morgan fingerprint density at radius 1 is 1.22 bits per heavy atom. The van der Waals surface area contributed by atoms with Crippen LogP contribution >= 0.6 is 0 Å². The molecule has 1 atom stereocenters. The molecule has 6 nitrogen and oxygen atoms in total. The third-order valence-corrected chi connectivity index (χ3v) is 4.06. The second kappa shape index (κ2) is 12.1. The van der Waals surface area contributed by atoms with E-state index in [4.69, 9.17) is 9.15 Å². The molecule has 2 rings (SSSR count). The number of aryl methyl sites for hydroxylation is 1. The van der Waals surface area contributed by atoms with E-state index in [0.29, 0.717) is 19.0 Å². The Morgan fingerprint density at radius 3 is 2.81 bits per heavy atom. The van der Waals surface area contributed by atoms with Gasteiger partial charge in [0.05, 0.1) is 18.9 Å². The van der Waals surface area contributed by atoms with Gasteiger partial charge in [-0.1, -0.05) is 29.8 Å². The lowest BCUT2D eigenvalue weighted by Gasteiger charge is -2.14. The number of nitrogens with one attached hydrogen (secondary N) is 2. The second-order valence-electron chi connectivity index (χ2n) is 6.35. The van der Waals surface area contributed by atoms with E-state index in [2.05, 4.69) is 15.6 Å². The number of ether oxygens (including phenoxy) is 1. The fourth-order valence-corrected chi connectivity index (χ4v) is 2.62. The highest BCUT2D eigenvalue weighted by atomic mass is 16.5. The number of hydrogen-bond donors (Lipinski definition) is 3. The molecule has 0 radical (unpaired) electrons. The van der Waals surface area contributed by atoms with Crippen LogP contribution in [0.4, 0.5) is 0 Å². The molecule has 0 aliphatic heterocycles. The first-order valence-electron chi connectivity index (χ1n) is 9.56. The number of benzene rings is 1. The molecule has 0 aliphatic carbocycles. The van der Waals surface area contributed by atoms with E-state index in [1.165, 1.54) is 0 Å². The molecule has 0 fully saturated rings. The number of aliphatic imine (C=N–C) groups is 1. The lowest BCUT2D eigenvalue weighted by atomic mass is 10.1. The first-order chi connectivity index (χ1) is 13.2. The summed E-state index contributed by atoms with van der Waals surface area (Å²) < 4.78 is 10.7. The molecule has 1 heterocycles. The van der Waals surface area contributed by atoms with Gasteiger partial charge in [-0.15, -0.1) is 0 Å². The largest absolute Gasteiger partial charge is 0.469 e. The number of aliphatic hydroxyl groups is 1. The molecular formula is C21H31N3O3. The van der Waals surface area contributed by atoms with Crippen molar-refractivity contribution in [2.75, 3.05) is 32.8 Å². The van der Waals surface area contributed by atoms with Crippen molar-refractivity contribution < 1.29 is 14.3 Å². The highest BCUT2D eigenvalue weighted by Gasteiger charge is 2.08. The zero-order valence-electron chi connectivity index (χ0n) is 16.3. The van der Waals surface area contributed by atoms with Gasteiger partial charge in [0, 0.05) is 32.7 Å². The maximum atomic E-state index is 10.4. The molecule has 0 amide bonds. The summed E-state index contributed by atoms with van der Waals surface area (Å²) >= 11 is 0. The Labute approximate surface area is 161 Å². The molecule has 0 bridgehead atoms. The Hall–Kier alpha value is -2.31. The minimum atomic E-state index is -0.628. The molecule has 0 aliphatic rings. The van der Waals surface area contributed by atoms with Crippen LogP contribution in [0.1, 0.15) is 36.3 Å². The summed E-state index contributed by atoms with van der Waals surface area (Å²) in [5.74, 6) is 1.61. The third-order valence-electron chi connectivity index (χ3n) is 4.06. The van der Waals surface area contributed by atoms with Crippen molar-refractivity contribution in [3.8, 4) is 0 Å². The van der Waals surface area contributed by atoms with Gasteiger partial charge in [-0.05, 0) is 38.0 Å². The molecule has 1 aromatic carbocycles. The summed E-state index contributed by atoms with van der Waals surface area (Å²) in [6.45, 7) is 7.20. The molecule has 0 saturated carbocycles. The molecule has 0 spiro atoms. The van der Waals surface area contributed by atoms with Gasteiger partial charge in [-0.3, -0.25) is 4.99 Å². The van der Waals surface area contributed by atoms with Crippen LogP contribution in [-0.4, -0.2) is 43.9 Å². The van der Waals surface area contributed by atoms with Crippen molar-refractivity contribution >= 4 is 5.96 Å². The lowest BCUT2D eigenvalue weighted by Crippen LogP contribution is -2.39. The monoisotopic (exact) mass is 373 g/mol. The van der Waals surface area contributed by atoms with Crippen LogP contribution in [0.2, 0.25) is 0 Å². The minimum absolute atomic E-state index is 0.297. The first kappa shape index (κ1) is 21.0. The summed E-state index contributed by atoms with van der Waals surface area (Å²) in [5.41, 5.74) is 2.01. The summed E-state index contributed by atoms with van der Waals surface area (Å²) in [6, 6.07) is 11.7. The number of furan rings is 1. The average molecular weight is 373 g/mol. The van der Waals surface area contributed by atoms with Crippen LogP contribution in [0.3, 0.4) is 0 Å². The number of rotatable bonds is 11. The van der Waals surface area contributed by atoms with Gasteiger partial charge in [0.15, 0.2) is 5.96 Å². The predicted molar refractivity (Wildman–Crippen MR) is 108 cm³/mol. The van der Waals surface area contributed by atoms with Gasteiger partial charge >= 0.3 is 0 Å². The molecule has 148 valence electrons. The van der Waals surface area contributed by atoms with Crippen LogP contribution in [0, 0.1) is 6.92 Å². The smallest absolute Gasteiger partial charge is 0.191 e. The zero-order chi connectivity index (χ0) is 19.3. The van der Waals surface area contributed by atoms with Crippen molar-refractivity contribution in [1.29, 1.82) is 0 Å². The standard InChI is InChI=1S/C21H31N3O3/c1-3-26-13-6-11-22-21(23-12-10-19-9-5-14-27-19)24-16-20(25)18-8-4-7-17(2)15-18/h4-5,7-9,14-15,20,25H,3,6,10-13,16H2,1-2H3,(H2,22,23,24). The van der Waals surface area contributed by atoms with Crippen molar-refractivity contribution in [2.45, 2.75) is 32.8 Å². The number of hydrogen-bond acceptors (Lipinski definition) is 4. The molecule has 6 heteroatoms. The Bertz CT molecular complexity index is 671. The summed E-state index contributed by atoms with van der Waals surface area (Å²) in [6.07, 6.45) is 2.71. The van der Waals surface area contributed by atoms with Crippen molar-refractivity contribution in [3.05, 3.63) is 59.5 Å². The maximum Gasteiger partial charge on any atom is 0.191 e. The fraction of sp³-hybridized carbons (Fsp3) is 0.476. The Balaban J connectivity index is 1.86. The number of guanidine groups is 1. The van der Waals surface area contributed by atoms with Crippen LogP contribution in [0.25, 0.3) is 0 Å². The molecule has 1 unspecified atom stereocenters. The van der Waals surface area contributed by atoms with E-state index in [-0.39, 0.29) is 0 Å². The number of nitrogens with zero attached hydrogens (tertiary/aromatic N) is 1. The van der Waals surface area contributed by atoms with Crippen molar-refractivity contribution in [1.82, 2.24) is 10.6 Å². The molecule has 2 aromatic rings. The highest BCUT2D eigenvalue weighted by molar-refractivity contribution is 5.79.